The van der Waals surface area contributed by atoms with Crippen LogP contribution in [-0.2, 0) is 14.8 Å². The van der Waals surface area contributed by atoms with Gasteiger partial charge in [-0.3, -0.25) is 9.10 Å². The molecule has 1 atom stereocenters. The lowest BCUT2D eigenvalue weighted by atomic mass is 10.1. The molecular formula is C25H28N2O7S. The molecule has 10 heteroatoms. The molecule has 0 aliphatic heterocycles. The molecule has 35 heavy (non-hydrogen) atoms. The van der Waals surface area contributed by atoms with E-state index < -0.39 is 28.6 Å². The van der Waals surface area contributed by atoms with E-state index in [1.807, 2.05) is 0 Å². The standard InChI is InChI=1S/C25H28N2O7S/c1-17(28)18-9-12-20(13-10-18)35(30,31)27(22-7-5-6-8-24(22)34-4)16-25(29)26-21-15-19(32-2)11-14-23(21)33-3/h5-15,17,28H,16H2,1-4H3,(H,26,29). The zero-order valence-corrected chi connectivity index (χ0v) is 20.7. The number of ether oxygens (including phenoxy) is 3. The fourth-order valence-electron chi connectivity index (χ4n) is 3.41. The van der Waals surface area contributed by atoms with E-state index in [0.717, 1.165) is 4.31 Å². The molecule has 0 aromatic heterocycles. The van der Waals surface area contributed by atoms with Crippen molar-refractivity contribution in [3.05, 3.63) is 72.3 Å². The highest BCUT2D eigenvalue weighted by molar-refractivity contribution is 7.92. The van der Waals surface area contributed by atoms with Crippen LogP contribution < -0.4 is 23.8 Å². The number of hydrogen-bond donors (Lipinski definition) is 2. The third kappa shape index (κ3) is 5.84. The Hall–Kier alpha value is -3.76. The summed E-state index contributed by atoms with van der Waals surface area (Å²) in [4.78, 5) is 13.1. The van der Waals surface area contributed by atoms with Gasteiger partial charge in [-0.15, -0.1) is 0 Å². The predicted molar refractivity (Wildman–Crippen MR) is 133 cm³/mol. The summed E-state index contributed by atoms with van der Waals surface area (Å²) in [5, 5.41) is 12.5. The van der Waals surface area contributed by atoms with Crippen LogP contribution in [0.25, 0.3) is 0 Å². The number of methoxy groups -OCH3 is 3. The molecule has 3 rings (SSSR count). The Balaban J connectivity index is 2.01. The van der Waals surface area contributed by atoms with Crippen molar-refractivity contribution < 1.29 is 32.5 Å². The number of amides is 1. The Kier molecular flexibility index (Phi) is 8.21. The van der Waals surface area contributed by atoms with Crippen molar-refractivity contribution in [3.63, 3.8) is 0 Å². The number of nitrogens with one attached hydrogen (secondary N) is 1. The minimum absolute atomic E-state index is 0.0421. The monoisotopic (exact) mass is 500 g/mol. The minimum atomic E-state index is -4.19. The van der Waals surface area contributed by atoms with Crippen LogP contribution >= 0.6 is 0 Å². The summed E-state index contributed by atoms with van der Waals surface area (Å²) in [6, 6.07) is 17.2. The first-order valence-electron chi connectivity index (χ1n) is 10.7. The fraction of sp³-hybridized carbons (Fsp3) is 0.240. The van der Waals surface area contributed by atoms with E-state index in [9.17, 15) is 18.3 Å². The van der Waals surface area contributed by atoms with Crippen molar-refractivity contribution in [1.82, 2.24) is 0 Å². The van der Waals surface area contributed by atoms with Gasteiger partial charge in [0.1, 0.15) is 23.8 Å². The summed E-state index contributed by atoms with van der Waals surface area (Å²) < 4.78 is 44.2. The molecule has 0 aliphatic carbocycles. The number of aliphatic hydroxyl groups excluding tert-OH is 1. The van der Waals surface area contributed by atoms with Crippen LogP contribution in [0.2, 0.25) is 0 Å². The molecule has 1 amide bonds. The van der Waals surface area contributed by atoms with Gasteiger partial charge in [-0.05, 0) is 48.9 Å². The second kappa shape index (κ2) is 11.1. The quantitative estimate of drug-likeness (QED) is 0.437. The number of benzene rings is 3. The molecule has 0 radical (unpaired) electrons. The van der Waals surface area contributed by atoms with E-state index in [4.69, 9.17) is 14.2 Å². The lowest BCUT2D eigenvalue weighted by Gasteiger charge is -2.26. The van der Waals surface area contributed by atoms with Gasteiger partial charge >= 0.3 is 0 Å². The van der Waals surface area contributed by atoms with Crippen molar-refractivity contribution in [3.8, 4) is 17.2 Å². The van der Waals surface area contributed by atoms with Crippen LogP contribution in [-0.4, -0.2) is 47.3 Å². The number of carbonyl (C=O) groups excluding carboxylic acids is 1. The number of rotatable bonds is 10. The number of sulfonamides is 1. The molecule has 0 bridgehead atoms. The SMILES string of the molecule is COc1ccc(OC)c(NC(=O)CN(c2ccccc2OC)S(=O)(=O)c2ccc(C(C)O)cc2)c1. The molecule has 0 aliphatic rings. The largest absolute Gasteiger partial charge is 0.497 e. The highest BCUT2D eigenvalue weighted by atomic mass is 32.2. The van der Waals surface area contributed by atoms with E-state index in [-0.39, 0.29) is 16.3 Å². The lowest BCUT2D eigenvalue weighted by molar-refractivity contribution is -0.114. The molecule has 2 N–H and O–H groups in total. The summed E-state index contributed by atoms with van der Waals surface area (Å²) in [6.45, 7) is 1.04. The molecule has 3 aromatic carbocycles. The van der Waals surface area contributed by atoms with Crippen molar-refractivity contribution in [2.45, 2.75) is 17.9 Å². The van der Waals surface area contributed by atoms with Crippen molar-refractivity contribution in [1.29, 1.82) is 0 Å². The van der Waals surface area contributed by atoms with E-state index in [1.54, 1.807) is 49.4 Å². The van der Waals surface area contributed by atoms with Crippen molar-refractivity contribution >= 4 is 27.3 Å². The Morgan fingerprint density at radius 2 is 1.60 bits per heavy atom. The number of nitrogens with zero attached hydrogens (tertiary/aromatic N) is 1. The maximum Gasteiger partial charge on any atom is 0.264 e. The highest BCUT2D eigenvalue weighted by Gasteiger charge is 2.29. The summed E-state index contributed by atoms with van der Waals surface area (Å²) in [5.74, 6) is 0.558. The molecule has 0 saturated carbocycles. The van der Waals surface area contributed by atoms with Gasteiger partial charge in [0, 0.05) is 6.07 Å². The fourth-order valence-corrected chi connectivity index (χ4v) is 4.84. The van der Waals surface area contributed by atoms with Crippen LogP contribution in [0.1, 0.15) is 18.6 Å². The molecule has 0 fully saturated rings. The Morgan fingerprint density at radius 3 is 2.20 bits per heavy atom. The smallest absolute Gasteiger partial charge is 0.264 e. The topological polar surface area (TPSA) is 114 Å². The van der Waals surface area contributed by atoms with Gasteiger partial charge < -0.3 is 24.6 Å². The second-order valence-electron chi connectivity index (χ2n) is 7.54. The summed E-state index contributed by atoms with van der Waals surface area (Å²) in [5.41, 5.74) is 1.09. The first-order chi connectivity index (χ1) is 16.7. The Bertz CT molecular complexity index is 1280. The number of carbonyl (C=O) groups is 1. The number of anilines is 2. The average molecular weight is 501 g/mol. The van der Waals surface area contributed by atoms with E-state index in [2.05, 4.69) is 5.32 Å². The summed E-state index contributed by atoms with van der Waals surface area (Å²) in [6.07, 6.45) is -0.749. The van der Waals surface area contributed by atoms with Gasteiger partial charge in [-0.2, -0.15) is 0 Å². The molecule has 0 saturated heterocycles. The minimum Gasteiger partial charge on any atom is -0.497 e. The first-order valence-corrected chi connectivity index (χ1v) is 12.1. The number of aliphatic hydroxyl groups is 1. The molecular weight excluding hydrogens is 472 g/mol. The van der Waals surface area contributed by atoms with Gasteiger partial charge in [0.05, 0.1) is 43.7 Å². The van der Waals surface area contributed by atoms with Crippen LogP contribution in [0.4, 0.5) is 11.4 Å². The second-order valence-corrected chi connectivity index (χ2v) is 9.41. The first kappa shape index (κ1) is 25.9. The van der Waals surface area contributed by atoms with Crippen LogP contribution in [0.15, 0.2) is 71.6 Å². The molecule has 3 aromatic rings. The molecule has 1 unspecified atom stereocenters. The van der Waals surface area contributed by atoms with E-state index in [0.29, 0.717) is 22.7 Å². The van der Waals surface area contributed by atoms with E-state index in [1.165, 1.54) is 45.6 Å². The average Bonchev–Trinajstić information content (AvgIpc) is 2.87. The third-order valence-corrected chi connectivity index (χ3v) is 7.05. The maximum absolute atomic E-state index is 13.7. The molecule has 0 heterocycles. The summed E-state index contributed by atoms with van der Waals surface area (Å²) >= 11 is 0. The van der Waals surface area contributed by atoms with Gasteiger partial charge in [0.25, 0.3) is 10.0 Å². The van der Waals surface area contributed by atoms with Crippen LogP contribution in [0.3, 0.4) is 0 Å². The van der Waals surface area contributed by atoms with E-state index >= 15 is 0 Å². The van der Waals surface area contributed by atoms with Crippen molar-refractivity contribution in [2.24, 2.45) is 0 Å². The van der Waals surface area contributed by atoms with Gasteiger partial charge in [-0.1, -0.05) is 24.3 Å². The molecule has 9 nitrogen and oxygen atoms in total. The molecule has 0 spiro atoms. The predicted octanol–water partition coefficient (Wildman–Crippen LogP) is 3.60. The number of hydrogen-bond acceptors (Lipinski definition) is 7. The van der Waals surface area contributed by atoms with Crippen molar-refractivity contribution in [2.75, 3.05) is 37.5 Å². The molecule has 186 valence electrons. The van der Waals surface area contributed by atoms with Gasteiger partial charge in [0.2, 0.25) is 5.91 Å². The Labute approximate surface area is 204 Å². The maximum atomic E-state index is 13.7. The zero-order chi connectivity index (χ0) is 25.6. The highest BCUT2D eigenvalue weighted by Crippen LogP contribution is 2.33. The lowest BCUT2D eigenvalue weighted by Crippen LogP contribution is -2.38. The normalized spacial score (nSPS) is 11.9. The zero-order valence-electron chi connectivity index (χ0n) is 19.9. The Morgan fingerprint density at radius 1 is 0.943 bits per heavy atom. The van der Waals surface area contributed by atoms with Gasteiger partial charge in [0.15, 0.2) is 0 Å². The van der Waals surface area contributed by atoms with Gasteiger partial charge in [-0.25, -0.2) is 8.42 Å². The third-order valence-electron chi connectivity index (χ3n) is 5.27. The number of para-hydroxylation sites is 2. The van der Waals surface area contributed by atoms with Crippen LogP contribution in [0, 0.1) is 0 Å². The van der Waals surface area contributed by atoms with Crippen LogP contribution in [0.5, 0.6) is 17.2 Å². The summed E-state index contributed by atoms with van der Waals surface area (Å²) in [7, 11) is 0.179.